The van der Waals surface area contributed by atoms with Gasteiger partial charge in [0.1, 0.15) is 11.9 Å². The van der Waals surface area contributed by atoms with Crippen molar-refractivity contribution in [1.29, 1.82) is 0 Å². The highest BCUT2D eigenvalue weighted by atomic mass is 32.2. The number of likely N-dealkylation sites (N-methyl/N-ethyl adjacent to an activating group) is 1. The Bertz CT molecular complexity index is 923. The Balaban J connectivity index is 1.78. The van der Waals surface area contributed by atoms with Gasteiger partial charge in [-0.25, -0.2) is 12.8 Å². The summed E-state index contributed by atoms with van der Waals surface area (Å²) >= 11 is 0. The number of nitrogens with one attached hydrogen (secondary N) is 1. The fourth-order valence-corrected chi connectivity index (χ4v) is 5.92. The molecule has 2 aliphatic heterocycles. The van der Waals surface area contributed by atoms with Crippen LogP contribution in [0.1, 0.15) is 32.3 Å². The lowest BCUT2D eigenvalue weighted by atomic mass is 10.1. The molecular formula is C20H29FN4O4S. The van der Waals surface area contributed by atoms with Crippen molar-refractivity contribution in [2.24, 2.45) is 0 Å². The van der Waals surface area contributed by atoms with Crippen LogP contribution in [0, 0.1) is 5.82 Å². The zero-order chi connectivity index (χ0) is 22.1. The van der Waals surface area contributed by atoms with Gasteiger partial charge in [0.15, 0.2) is 0 Å². The van der Waals surface area contributed by atoms with Gasteiger partial charge in [0.25, 0.3) is 0 Å². The normalized spacial score (nSPS) is 24.5. The number of sulfonamides is 1. The van der Waals surface area contributed by atoms with E-state index < -0.39 is 21.9 Å². The summed E-state index contributed by atoms with van der Waals surface area (Å²) in [6, 6.07) is 3.91. The molecule has 2 aliphatic rings. The molecule has 1 N–H and O–H groups in total. The number of carbonyl (C=O) groups excluding carboxylic acids is 2. The lowest BCUT2D eigenvalue weighted by molar-refractivity contribution is -0.139. The van der Waals surface area contributed by atoms with Gasteiger partial charge in [0.05, 0.1) is 5.75 Å². The Hall–Kier alpha value is -2.20. The average molecular weight is 441 g/mol. The van der Waals surface area contributed by atoms with E-state index in [4.69, 9.17) is 0 Å². The molecule has 2 atom stereocenters. The summed E-state index contributed by atoms with van der Waals surface area (Å²) < 4.78 is 41.0. The van der Waals surface area contributed by atoms with Crippen molar-refractivity contribution >= 4 is 27.5 Å². The van der Waals surface area contributed by atoms with E-state index in [9.17, 15) is 22.4 Å². The average Bonchev–Trinajstić information content (AvgIpc) is 2.70. The maximum Gasteiger partial charge on any atom is 0.244 e. The Morgan fingerprint density at radius 1 is 1.27 bits per heavy atom. The van der Waals surface area contributed by atoms with Crippen LogP contribution in [0.2, 0.25) is 0 Å². The van der Waals surface area contributed by atoms with Crippen LogP contribution in [0.4, 0.5) is 10.1 Å². The maximum absolute atomic E-state index is 14.9. The molecule has 2 saturated heterocycles. The lowest BCUT2D eigenvalue weighted by Gasteiger charge is -2.41. The monoisotopic (exact) mass is 440 g/mol. The first-order valence-corrected chi connectivity index (χ1v) is 11.8. The van der Waals surface area contributed by atoms with E-state index in [0.29, 0.717) is 30.8 Å². The van der Waals surface area contributed by atoms with Gasteiger partial charge in [-0.3, -0.25) is 9.59 Å². The molecule has 2 fully saturated rings. The number of nitrogens with zero attached hydrogens (tertiary/aromatic N) is 3. The van der Waals surface area contributed by atoms with Gasteiger partial charge in [0, 0.05) is 57.4 Å². The molecule has 30 heavy (non-hydrogen) atoms. The molecule has 0 bridgehead atoms. The van der Waals surface area contributed by atoms with Gasteiger partial charge in [0.2, 0.25) is 21.8 Å². The summed E-state index contributed by atoms with van der Waals surface area (Å²) in [5, 5.41) is 2.57. The molecule has 1 aromatic rings. The minimum Gasteiger partial charge on any atom is -0.367 e. The molecular weight excluding hydrogens is 411 g/mol. The minimum absolute atomic E-state index is 0.00853. The summed E-state index contributed by atoms with van der Waals surface area (Å²) in [7, 11) is -1.86. The van der Waals surface area contributed by atoms with Crippen molar-refractivity contribution in [3.63, 3.8) is 0 Å². The number of rotatable bonds is 4. The molecule has 2 heterocycles. The Morgan fingerprint density at radius 3 is 2.60 bits per heavy atom. The number of halogens is 1. The molecule has 0 spiro atoms. The maximum atomic E-state index is 14.9. The van der Waals surface area contributed by atoms with E-state index in [2.05, 4.69) is 5.32 Å². The van der Waals surface area contributed by atoms with Crippen LogP contribution in [0.15, 0.2) is 18.2 Å². The molecule has 0 radical (unpaired) electrons. The van der Waals surface area contributed by atoms with E-state index in [1.165, 1.54) is 29.2 Å². The van der Waals surface area contributed by atoms with Gasteiger partial charge in [-0.05, 0) is 31.9 Å². The molecule has 3 rings (SSSR count). The van der Waals surface area contributed by atoms with Crippen LogP contribution in [0.3, 0.4) is 0 Å². The molecule has 0 saturated carbocycles. The first-order valence-electron chi connectivity index (χ1n) is 10.2. The first kappa shape index (κ1) is 22.5. The number of hydrogen-bond acceptors (Lipinski definition) is 5. The number of amides is 2. The zero-order valence-electron chi connectivity index (χ0n) is 17.6. The highest BCUT2D eigenvalue weighted by Crippen LogP contribution is 2.27. The van der Waals surface area contributed by atoms with Crippen LogP contribution in [-0.2, 0) is 26.2 Å². The van der Waals surface area contributed by atoms with E-state index in [1.807, 2.05) is 11.8 Å². The van der Waals surface area contributed by atoms with Crippen LogP contribution < -0.4 is 10.2 Å². The standard InChI is InChI=1S/C20H29FN4O4S/c1-14-5-4-10-30(28,29)25(14)12-16-6-7-17(11-18(16)21)23-8-9-24(15(2)26)19(13-23)20(27)22-3/h6-7,11,14,19H,4-5,8-10,12-13H2,1-3H3,(H,22,27). The second-order valence-electron chi connectivity index (χ2n) is 7.92. The SMILES string of the molecule is CNC(=O)C1CN(c2ccc(CN3C(C)CCCS3(=O)=O)c(F)c2)CCN1C(C)=O. The molecule has 2 amide bonds. The van der Waals surface area contributed by atoms with Crippen molar-refractivity contribution in [1.82, 2.24) is 14.5 Å². The van der Waals surface area contributed by atoms with Crippen LogP contribution in [0.25, 0.3) is 0 Å². The van der Waals surface area contributed by atoms with Crippen molar-refractivity contribution < 1.29 is 22.4 Å². The number of piperazine rings is 1. The number of benzene rings is 1. The number of hydrogen-bond donors (Lipinski definition) is 1. The fourth-order valence-electron chi connectivity index (χ4n) is 4.17. The van der Waals surface area contributed by atoms with Crippen LogP contribution in [-0.4, -0.2) is 74.0 Å². The van der Waals surface area contributed by atoms with Crippen molar-refractivity contribution in [3.05, 3.63) is 29.6 Å². The molecule has 0 aliphatic carbocycles. The number of anilines is 1. The van der Waals surface area contributed by atoms with Gasteiger partial charge >= 0.3 is 0 Å². The predicted molar refractivity (Wildman–Crippen MR) is 112 cm³/mol. The third-order valence-electron chi connectivity index (χ3n) is 5.93. The van der Waals surface area contributed by atoms with Crippen LogP contribution in [0.5, 0.6) is 0 Å². The first-order chi connectivity index (χ1) is 14.1. The van der Waals surface area contributed by atoms with Crippen LogP contribution >= 0.6 is 0 Å². The van der Waals surface area contributed by atoms with Gasteiger partial charge in [-0.1, -0.05) is 6.07 Å². The van der Waals surface area contributed by atoms with E-state index in [1.54, 1.807) is 12.1 Å². The Morgan fingerprint density at radius 2 is 2.00 bits per heavy atom. The van der Waals surface area contributed by atoms with E-state index in [-0.39, 0.29) is 36.7 Å². The summed E-state index contributed by atoms with van der Waals surface area (Å²) in [5.74, 6) is -0.831. The second-order valence-corrected chi connectivity index (χ2v) is 9.96. The molecule has 0 aromatic heterocycles. The third-order valence-corrected chi connectivity index (χ3v) is 7.94. The van der Waals surface area contributed by atoms with Gasteiger partial charge in [-0.15, -0.1) is 0 Å². The van der Waals surface area contributed by atoms with E-state index in [0.717, 1.165) is 6.42 Å². The van der Waals surface area contributed by atoms with E-state index >= 15 is 0 Å². The predicted octanol–water partition coefficient (Wildman–Crippen LogP) is 0.923. The molecule has 8 nitrogen and oxygen atoms in total. The summed E-state index contributed by atoms with van der Waals surface area (Å²) in [6.07, 6.45) is 1.39. The minimum atomic E-state index is -3.38. The van der Waals surface area contributed by atoms with Gasteiger partial charge < -0.3 is 15.1 Å². The molecule has 1 aromatic carbocycles. The summed E-state index contributed by atoms with van der Waals surface area (Å²) in [4.78, 5) is 27.5. The number of carbonyl (C=O) groups is 2. The molecule has 166 valence electrons. The third kappa shape index (κ3) is 4.59. The summed E-state index contributed by atoms with van der Waals surface area (Å²) in [5.41, 5.74) is 0.921. The highest BCUT2D eigenvalue weighted by molar-refractivity contribution is 7.89. The molecule has 2 unspecified atom stereocenters. The van der Waals surface area contributed by atoms with Crippen molar-refractivity contribution in [2.45, 2.75) is 45.3 Å². The Labute approximate surface area is 177 Å². The highest BCUT2D eigenvalue weighted by Gasteiger charge is 2.34. The largest absolute Gasteiger partial charge is 0.367 e. The van der Waals surface area contributed by atoms with Gasteiger partial charge in [-0.2, -0.15) is 4.31 Å². The molecule has 10 heteroatoms. The fraction of sp³-hybridized carbons (Fsp3) is 0.600. The van der Waals surface area contributed by atoms with Crippen molar-refractivity contribution in [2.75, 3.05) is 37.3 Å². The quantitative estimate of drug-likeness (QED) is 0.752. The lowest BCUT2D eigenvalue weighted by Crippen LogP contribution is -2.60. The Kier molecular flexibility index (Phi) is 6.66. The topological polar surface area (TPSA) is 90.0 Å². The van der Waals surface area contributed by atoms with Crippen molar-refractivity contribution in [3.8, 4) is 0 Å². The second kappa shape index (κ2) is 8.89. The summed E-state index contributed by atoms with van der Waals surface area (Å²) in [6.45, 7) is 4.38. The zero-order valence-corrected chi connectivity index (χ0v) is 18.4. The smallest absolute Gasteiger partial charge is 0.244 e.